The first-order chi connectivity index (χ1) is 9.94. The largest absolute Gasteiger partial charge is 0.478 e. The first-order valence-electron chi connectivity index (χ1n) is 6.86. The van der Waals surface area contributed by atoms with Crippen molar-refractivity contribution in [1.82, 2.24) is 5.32 Å². The average Bonchev–Trinajstić information content (AvgIpc) is 2.95. The van der Waals surface area contributed by atoms with Crippen LogP contribution in [-0.4, -0.2) is 29.4 Å². The number of carboxylic acid groups (broad SMARTS) is 1. The molecule has 1 fully saturated rings. The number of aromatic carboxylic acids is 1. The molecule has 2 rings (SSSR count). The number of nitrogens with one attached hydrogen (secondary N) is 1. The lowest BCUT2D eigenvalue weighted by atomic mass is 9.85. The molecule has 112 valence electrons. The summed E-state index contributed by atoms with van der Waals surface area (Å²) in [6.07, 6.45) is 3.26. The van der Waals surface area contributed by atoms with Gasteiger partial charge in [0.25, 0.3) is 5.91 Å². The van der Waals surface area contributed by atoms with E-state index in [2.05, 4.69) is 5.32 Å². The molecule has 0 aliphatic heterocycles. The number of rotatable bonds is 5. The van der Waals surface area contributed by atoms with Gasteiger partial charge in [-0.05, 0) is 37.1 Å². The molecule has 1 aliphatic rings. The molecule has 2 amide bonds. The fourth-order valence-electron chi connectivity index (χ4n) is 2.68. The van der Waals surface area contributed by atoms with Crippen LogP contribution in [0.25, 0.3) is 0 Å². The molecule has 0 aromatic heterocycles. The molecule has 6 heteroatoms. The highest BCUT2D eigenvalue weighted by Crippen LogP contribution is 2.37. The third-order valence-electron chi connectivity index (χ3n) is 4.06. The highest BCUT2D eigenvalue weighted by molar-refractivity contribution is 5.96. The fourth-order valence-corrected chi connectivity index (χ4v) is 2.68. The van der Waals surface area contributed by atoms with Crippen LogP contribution in [0.3, 0.4) is 0 Å². The normalized spacial score (nSPS) is 16.4. The summed E-state index contributed by atoms with van der Waals surface area (Å²) in [7, 11) is 0. The number of carbonyl (C=O) groups is 3. The highest BCUT2D eigenvalue weighted by Gasteiger charge is 2.39. The number of nitrogens with two attached hydrogens (primary N) is 1. The van der Waals surface area contributed by atoms with Crippen LogP contribution in [0.5, 0.6) is 0 Å². The van der Waals surface area contributed by atoms with E-state index < -0.39 is 11.4 Å². The lowest BCUT2D eigenvalue weighted by Crippen LogP contribution is -2.44. The maximum atomic E-state index is 12.0. The predicted octanol–water partition coefficient (Wildman–Crippen LogP) is 1.16. The van der Waals surface area contributed by atoms with E-state index in [9.17, 15) is 14.4 Å². The SMILES string of the molecule is NC(=O)C1(CNC(=O)c2ccc(C(=O)O)cc2)CCCC1. The molecule has 4 N–H and O–H groups in total. The van der Waals surface area contributed by atoms with Crippen molar-refractivity contribution >= 4 is 17.8 Å². The zero-order chi connectivity index (χ0) is 15.5. The summed E-state index contributed by atoms with van der Waals surface area (Å²) >= 11 is 0. The Kier molecular flexibility index (Phi) is 4.26. The maximum Gasteiger partial charge on any atom is 0.335 e. The molecule has 0 bridgehead atoms. The fraction of sp³-hybridized carbons (Fsp3) is 0.400. The number of benzene rings is 1. The first-order valence-corrected chi connectivity index (χ1v) is 6.86. The summed E-state index contributed by atoms with van der Waals surface area (Å²) in [6, 6.07) is 5.64. The molecule has 0 saturated heterocycles. The Labute approximate surface area is 122 Å². The maximum absolute atomic E-state index is 12.0. The van der Waals surface area contributed by atoms with Gasteiger partial charge in [-0.25, -0.2) is 4.79 Å². The Morgan fingerprint density at radius 3 is 2.10 bits per heavy atom. The summed E-state index contributed by atoms with van der Waals surface area (Å²) in [4.78, 5) is 34.4. The van der Waals surface area contributed by atoms with Crippen LogP contribution < -0.4 is 11.1 Å². The molecule has 1 aromatic carbocycles. The van der Waals surface area contributed by atoms with Crippen LogP contribution in [-0.2, 0) is 4.79 Å². The van der Waals surface area contributed by atoms with Gasteiger partial charge in [0.15, 0.2) is 0 Å². The Morgan fingerprint density at radius 2 is 1.62 bits per heavy atom. The van der Waals surface area contributed by atoms with Crippen molar-refractivity contribution in [1.29, 1.82) is 0 Å². The standard InChI is InChI=1S/C15H18N2O4/c16-14(21)15(7-1-2-8-15)9-17-12(18)10-3-5-11(6-4-10)13(19)20/h3-6H,1-2,7-9H2,(H2,16,21)(H,17,18)(H,19,20). The van der Waals surface area contributed by atoms with E-state index in [-0.39, 0.29) is 23.9 Å². The molecule has 1 saturated carbocycles. The minimum Gasteiger partial charge on any atom is -0.478 e. The Morgan fingerprint density at radius 1 is 1.10 bits per heavy atom. The van der Waals surface area contributed by atoms with Crippen molar-refractivity contribution in [2.24, 2.45) is 11.1 Å². The molecule has 1 aliphatic carbocycles. The van der Waals surface area contributed by atoms with Crippen LogP contribution >= 0.6 is 0 Å². The van der Waals surface area contributed by atoms with Gasteiger partial charge in [-0.3, -0.25) is 9.59 Å². The van der Waals surface area contributed by atoms with Crippen molar-refractivity contribution in [3.63, 3.8) is 0 Å². The summed E-state index contributed by atoms with van der Waals surface area (Å²) < 4.78 is 0. The third kappa shape index (κ3) is 3.21. The van der Waals surface area contributed by atoms with Crippen LogP contribution in [0.4, 0.5) is 0 Å². The molecule has 6 nitrogen and oxygen atoms in total. The minimum atomic E-state index is -1.04. The van der Waals surface area contributed by atoms with Gasteiger partial charge in [-0.2, -0.15) is 0 Å². The topological polar surface area (TPSA) is 109 Å². The third-order valence-corrected chi connectivity index (χ3v) is 4.06. The van der Waals surface area contributed by atoms with Crippen molar-refractivity contribution in [2.45, 2.75) is 25.7 Å². The van der Waals surface area contributed by atoms with Crippen molar-refractivity contribution in [3.05, 3.63) is 35.4 Å². The van der Waals surface area contributed by atoms with E-state index in [0.29, 0.717) is 18.4 Å². The molecule has 21 heavy (non-hydrogen) atoms. The van der Waals surface area contributed by atoms with Gasteiger partial charge in [-0.1, -0.05) is 12.8 Å². The second-order valence-electron chi connectivity index (χ2n) is 5.42. The average molecular weight is 290 g/mol. The smallest absolute Gasteiger partial charge is 0.335 e. The van der Waals surface area contributed by atoms with E-state index >= 15 is 0 Å². The Hall–Kier alpha value is -2.37. The van der Waals surface area contributed by atoms with E-state index in [0.717, 1.165) is 12.8 Å². The summed E-state index contributed by atoms with van der Waals surface area (Å²) in [5, 5.41) is 11.5. The number of amides is 2. The summed E-state index contributed by atoms with van der Waals surface area (Å²) in [5.74, 6) is -1.75. The number of hydrogen-bond donors (Lipinski definition) is 3. The van der Waals surface area contributed by atoms with E-state index in [1.54, 1.807) is 0 Å². The molecular weight excluding hydrogens is 272 g/mol. The van der Waals surface area contributed by atoms with Crippen molar-refractivity contribution < 1.29 is 19.5 Å². The number of hydrogen-bond acceptors (Lipinski definition) is 3. The van der Waals surface area contributed by atoms with Gasteiger partial charge in [0.2, 0.25) is 5.91 Å². The number of carboxylic acids is 1. The van der Waals surface area contributed by atoms with Crippen LogP contribution in [0, 0.1) is 5.41 Å². The van der Waals surface area contributed by atoms with Gasteiger partial charge in [0, 0.05) is 12.1 Å². The highest BCUT2D eigenvalue weighted by atomic mass is 16.4. The van der Waals surface area contributed by atoms with Crippen molar-refractivity contribution in [2.75, 3.05) is 6.54 Å². The molecule has 0 heterocycles. The van der Waals surface area contributed by atoms with E-state index in [4.69, 9.17) is 10.8 Å². The van der Waals surface area contributed by atoms with Crippen molar-refractivity contribution in [3.8, 4) is 0 Å². The minimum absolute atomic E-state index is 0.121. The van der Waals surface area contributed by atoms with Gasteiger partial charge in [0.1, 0.15) is 0 Å². The quantitative estimate of drug-likeness (QED) is 0.755. The zero-order valence-corrected chi connectivity index (χ0v) is 11.6. The molecular formula is C15H18N2O4. The molecule has 0 radical (unpaired) electrons. The van der Waals surface area contributed by atoms with Gasteiger partial charge >= 0.3 is 5.97 Å². The van der Waals surface area contributed by atoms with E-state index in [1.165, 1.54) is 24.3 Å². The summed E-state index contributed by atoms with van der Waals surface area (Å²) in [6.45, 7) is 0.224. The predicted molar refractivity (Wildman–Crippen MR) is 75.8 cm³/mol. The lowest BCUT2D eigenvalue weighted by molar-refractivity contribution is -0.127. The lowest BCUT2D eigenvalue weighted by Gasteiger charge is -2.25. The molecule has 1 aromatic rings. The zero-order valence-electron chi connectivity index (χ0n) is 11.6. The molecule has 0 atom stereocenters. The first kappa shape index (κ1) is 15.0. The number of carbonyl (C=O) groups excluding carboxylic acids is 2. The summed E-state index contributed by atoms with van der Waals surface area (Å²) in [5.41, 5.74) is 5.29. The second-order valence-corrected chi connectivity index (χ2v) is 5.42. The van der Waals surface area contributed by atoms with Gasteiger partial charge in [-0.15, -0.1) is 0 Å². The van der Waals surface area contributed by atoms with Gasteiger partial charge < -0.3 is 16.2 Å². The second kappa shape index (κ2) is 5.95. The van der Waals surface area contributed by atoms with Crippen LogP contribution in [0.15, 0.2) is 24.3 Å². The van der Waals surface area contributed by atoms with E-state index in [1.807, 2.05) is 0 Å². The molecule has 0 unspecified atom stereocenters. The Balaban J connectivity index is 2.01. The molecule has 0 spiro atoms. The number of primary amides is 1. The van der Waals surface area contributed by atoms with Gasteiger partial charge in [0.05, 0.1) is 11.0 Å². The van der Waals surface area contributed by atoms with Crippen LogP contribution in [0.2, 0.25) is 0 Å². The monoisotopic (exact) mass is 290 g/mol. The van der Waals surface area contributed by atoms with Crippen LogP contribution in [0.1, 0.15) is 46.4 Å². The Bertz CT molecular complexity index is 560.